The van der Waals surface area contributed by atoms with Crippen LogP contribution in [0.5, 0.6) is 0 Å². The van der Waals surface area contributed by atoms with Crippen LogP contribution in [0.25, 0.3) is 11.1 Å². The fourth-order valence-corrected chi connectivity index (χ4v) is 3.47. The quantitative estimate of drug-likeness (QED) is 0.726. The molecule has 0 spiro atoms. The van der Waals surface area contributed by atoms with Gasteiger partial charge >= 0.3 is 0 Å². The molecule has 0 aliphatic carbocycles. The lowest BCUT2D eigenvalue weighted by Gasteiger charge is -2.26. The van der Waals surface area contributed by atoms with Crippen molar-refractivity contribution in [3.8, 4) is 11.1 Å². The molecule has 136 valence electrons. The fraction of sp³-hybridized carbons (Fsp3) is 0.182. The van der Waals surface area contributed by atoms with Gasteiger partial charge in [-0.3, -0.25) is 9.78 Å². The number of hydrogen-bond donors (Lipinski definition) is 2. The summed E-state index contributed by atoms with van der Waals surface area (Å²) in [4.78, 5) is 16.8. The topological polar surface area (TPSA) is 54.0 Å². The van der Waals surface area contributed by atoms with Gasteiger partial charge in [-0.2, -0.15) is 0 Å². The van der Waals surface area contributed by atoms with E-state index in [2.05, 4.69) is 39.9 Å². The van der Waals surface area contributed by atoms with E-state index in [1.165, 1.54) is 11.1 Å². The van der Waals surface area contributed by atoms with Crippen LogP contribution in [0.1, 0.15) is 21.5 Å². The summed E-state index contributed by atoms with van der Waals surface area (Å²) < 4.78 is 0. The van der Waals surface area contributed by atoms with Crippen LogP contribution in [0, 0.1) is 0 Å². The minimum atomic E-state index is -0.112. The molecular formula is C22H20ClN3O. The van der Waals surface area contributed by atoms with Crippen LogP contribution in [0.3, 0.4) is 0 Å². The van der Waals surface area contributed by atoms with Gasteiger partial charge in [0.2, 0.25) is 0 Å². The van der Waals surface area contributed by atoms with E-state index < -0.39 is 0 Å². The Bertz CT molecular complexity index is 956. The van der Waals surface area contributed by atoms with Gasteiger partial charge in [-0.15, -0.1) is 0 Å². The average molecular weight is 378 g/mol. The number of hydrogen-bond acceptors (Lipinski definition) is 3. The van der Waals surface area contributed by atoms with E-state index in [4.69, 9.17) is 11.6 Å². The minimum Gasteiger partial charge on any atom is -0.350 e. The van der Waals surface area contributed by atoms with Gasteiger partial charge in [-0.1, -0.05) is 48.0 Å². The lowest BCUT2D eigenvalue weighted by Crippen LogP contribution is -2.44. The van der Waals surface area contributed by atoms with Gasteiger partial charge in [-0.25, -0.2) is 0 Å². The number of amides is 1. The van der Waals surface area contributed by atoms with Crippen molar-refractivity contribution in [2.24, 2.45) is 0 Å². The molecule has 1 atom stereocenters. The number of nitrogens with zero attached hydrogens (tertiary/aromatic N) is 1. The van der Waals surface area contributed by atoms with Gasteiger partial charge in [0.1, 0.15) is 0 Å². The number of fused-ring (bicyclic) bond motifs is 1. The summed E-state index contributed by atoms with van der Waals surface area (Å²) in [6, 6.07) is 18.0. The molecule has 3 aromatic rings. The average Bonchev–Trinajstić information content (AvgIpc) is 2.72. The highest BCUT2D eigenvalue weighted by molar-refractivity contribution is 6.30. The summed E-state index contributed by atoms with van der Waals surface area (Å²) in [5, 5.41) is 7.19. The Labute approximate surface area is 163 Å². The number of halogens is 1. The van der Waals surface area contributed by atoms with E-state index in [9.17, 15) is 4.79 Å². The number of aromatic nitrogens is 1. The van der Waals surface area contributed by atoms with E-state index in [0.717, 1.165) is 24.1 Å². The van der Waals surface area contributed by atoms with Crippen LogP contribution in [0.15, 0.2) is 67.0 Å². The number of nitrogens with one attached hydrogen (secondary N) is 2. The smallest absolute Gasteiger partial charge is 0.252 e. The monoisotopic (exact) mass is 377 g/mol. The maximum absolute atomic E-state index is 12.6. The van der Waals surface area contributed by atoms with Gasteiger partial charge in [0.05, 0.1) is 5.56 Å². The van der Waals surface area contributed by atoms with Crippen LogP contribution >= 0.6 is 11.6 Å². The zero-order valence-electron chi connectivity index (χ0n) is 14.8. The van der Waals surface area contributed by atoms with Gasteiger partial charge < -0.3 is 10.6 Å². The van der Waals surface area contributed by atoms with Crippen LogP contribution < -0.4 is 10.6 Å². The minimum absolute atomic E-state index is 0.112. The second-order valence-electron chi connectivity index (χ2n) is 6.73. The van der Waals surface area contributed by atoms with E-state index in [0.29, 0.717) is 17.1 Å². The van der Waals surface area contributed by atoms with Crippen molar-refractivity contribution in [1.82, 2.24) is 15.6 Å². The highest BCUT2D eigenvalue weighted by atomic mass is 35.5. The number of carbonyl (C=O) groups is 1. The summed E-state index contributed by atoms with van der Waals surface area (Å²) in [5.74, 6) is -0.112. The van der Waals surface area contributed by atoms with Crippen molar-refractivity contribution in [3.63, 3.8) is 0 Å². The Hall–Kier alpha value is -2.69. The first-order valence-corrected chi connectivity index (χ1v) is 9.36. The SMILES string of the molecule is O=C(NCC1Cc2ccccc2CN1)c1cncc(-c2ccc(Cl)cc2)c1. The van der Waals surface area contributed by atoms with Crippen LogP contribution in [0.2, 0.25) is 5.02 Å². The van der Waals surface area contributed by atoms with Gasteiger partial charge in [0, 0.05) is 42.1 Å². The molecule has 0 saturated heterocycles. The summed E-state index contributed by atoms with van der Waals surface area (Å²) in [6.07, 6.45) is 4.26. The molecule has 0 radical (unpaired) electrons. The molecule has 0 fully saturated rings. The van der Waals surface area contributed by atoms with Gasteiger partial charge in [0.15, 0.2) is 0 Å². The van der Waals surface area contributed by atoms with Crippen molar-refractivity contribution < 1.29 is 4.79 Å². The molecule has 5 heteroatoms. The van der Waals surface area contributed by atoms with Crippen LogP contribution in [0.4, 0.5) is 0 Å². The van der Waals surface area contributed by atoms with Gasteiger partial charge in [0.25, 0.3) is 5.91 Å². The third-order valence-corrected chi connectivity index (χ3v) is 5.10. The first-order chi connectivity index (χ1) is 13.2. The van der Waals surface area contributed by atoms with E-state index in [1.54, 1.807) is 12.4 Å². The molecule has 4 rings (SSSR count). The number of rotatable bonds is 4. The standard InChI is InChI=1S/C22H20ClN3O/c23-20-7-5-15(6-8-20)18-9-19(12-24-11-18)22(27)26-14-21-10-16-3-1-2-4-17(16)13-25-21/h1-9,11-12,21,25H,10,13-14H2,(H,26,27). The summed E-state index contributed by atoms with van der Waals surface area (Å²) in [6.45, 7) is 1.42. The Morgan fingerprint density at radius 2 is 1.85 bits per heavy atom. The van der Waals surface area contributed by atoms with Gasteiger partial charge in [-0.05, 0) is 41.3 Å². The molecular weight excluding hydrogens is 358 g/mol. The zero-order valence-corrected chi connectivity index (χ0v) is 15.5. The zero-order chi connectivity index (χ0) is 18.6. The second kappa shape index (κ2) is 7.91. The van der Waals surface area contributed by atoms with Crippen molar-refractivity contribution in [2.45, 2.75) is 19.0 Å². The first kappa shape index (κ1) is 17.7. The Kier molecular flexibility index (Phi) is 5.19. The molecule has 1 aliphatic heterocycles. The maximum atomic E-state index is 12.6. The number of carbonyl (C=O) groups excluding carboxylic acids is 1. The third-order valence-electron chi connectivity index (χ3n) is 4.85. The molecule has 1 aliphatic rings. The van der Waals surface area contributed by atoms with Crippen LogP contribution in [-0.4, -0.2) is 23.5 Å². The van der Waals surface area contributed by atoms with Crippen molar-refractivity contribution >= 4 is 17.5 Å². The molecule has 4 nitrogen and oxygen atoms in total. The third kappa shape index (κ3) is 4.18. The molecule has 1 amide bonds. The number of pyridine rings is 1. The lowest BCUT2D eigenvalue weighted by atomic mass is 9.96. The Morgan fingerprint density at radius 3 is 2.67 bits per heavy atom. The van der Waals surface area contributed by atoms with Crippen LogP contribution in [-0.2, 0) is 13.0 Å². The second-order valence-corrected chi connectivity index (χ2v) is 7.17. The summed E-state index contributed by atoms with van der Waals surface area (Å²) in [7, 11) is 0. The summed E-state index contributed by atoms with van der Waals surface area (Å²) >= 11 is 5.94. The maximum Gasteiger partial charge on any atom is 0.252 e. The molecule has 2 aromatic carbocycles. The molecule has 0 saturated carbocycles. The number of benzene rings is 2. The molecule has 2 N–H and O–H groups in total. The van der Waals surface area contributed by atoms with E-state index in [1.807, 2.05) is 30.3 Å². The highest BCUT2D eigenvalue weighted by Crippen LogP contribution is 2.21. The molecule has 27 heavy (non-hydrogen) atoms. The molecule has 1 unspecified atom stereocenters. The van der Waals surface area contributed by atoms with E-state index in [-0.39, 0.29) is 11.9 Å². The Balaban J connectivity index is 1.40. The first-order valence-electron chi connectivity index (χ1n) is 8.98. The molecule has 0 bridgehead atoms. The Morgan fingerprint density at radius 1 is 1.07 bits per heavy atom. The predicted molar refractivity (Wildman–Crippen MR) is 108 cm³/mol. The predicted octanol–water partition coefficient (Wildman–Crippen LogP) is 3.85. The van der Waals surface area contributed by atoms with Crippen molar-refractivity contribution in [2.75, 3.05) is 6.54 Å². The van der Waals surface area contributed by atoms with E-state index >= 15 is 0 Å². The fourth-order valence-electron chi connectivity index (χ4n) is 3.35. The molecule has 2 heterocycles. The normalized spacial score (nSPS) is 15.8. The van der Waals surface area contributed by atoms with Crippen molar-refractivity contribution in [3.05, 3.63) is 88.7 Å². The summed E-state index contributed by atoms with van der Waals surface area (Å²) in [5.41, 5.74) is 5.11. The van der Waals surface area contributed by atoms with Crippen molar-refractivity contribution in [1.29, 1.82) is 0 Å². The highest BCUT2D eigenvalue weighted by Gasteiger charge is 2.18. The molecule has 1 aromatic heterocycles. The lowest BCUT2D eigenvalue weighted by molar-refractivity contribution is 0.0948. The largest absolute Gasteiger partial charge is 0.350 e.